The Morgan fingerprint density at radius 2 is 2.00 bits per heavy atom. The number of ether oxygens (including phenoxy) is 1. The summed E-state index contributed by atoms with van der Waals surface area (Å²) in [4.78, 5) is 12.5. The first-order valence-electron chi connectivity index (χ1n) is 11.0. The zero-order valence-corrected chi connectivity index (χ0v) is 20.0. The quantitative estimate of drug-likeness (QED) is 0.262. The molecule has 1 amide bonds. The van der Waals surface area contributed by atoms with Crippen LogP contribution >= 0.6 is 12.2 Å². The Labute approximate surface area is 201 Å². The molecule has 0 bridgehead atoms. The molecular weight excluding hydrogens is 469 g/mol. The molecule has 0 radical (unpaired) electrons. The molecule has 8 nitrogen and oxygen atoms in total. The third kappa shape index (κ3) is 6.38. The van der Waals surface area contributed by atoms with Crippen molar-refractivity contribution in [2.45, 2.75) is 50.9 Å². The lowest BCUT2D eigenvalue weighted by Crippen LogP contribution is -2.47. The van der Waals surface area contributed by atoms with E-state index in [4.69, 9.17) is 17.0 Å². The first-order valence-corrected chi connectivity index (χ1v) is 11.4. The molecule has 186 valence electrons. The Morgan fingerprint density at radius 3 is 2.62 bits per heavy atom. The molecule has 0 fully saturated rings. The molecule has 0 spiro atoms. The number of halogens is 3. The van der Waals surface area contributed by atoms with Crippen LogP contribution < -0.4 is 21.5 Å². The predicted octanol–water partition coefficient (Wildman–Crippen LogP) is 3.81. The maximum absolute atomic E-state index is 13.9. The first-order chi connectivity index (χ1) is 16.1. The normalized spacial score (nSPS) is 17.6. The third-order valence-electron chi connectivity index (χ3n) is 5.53. The van der Waals surface area contributed by atoms with Gasteiger partial charge < -0.3 is 15.4 Å². The number of nitrogens with one attached hydrogen (secondary N) is 4. The number of hydrogen-bond acceptors (Lipinski definition) is 5. The van der Waals surface area contributed by atoms with Gasteiger partial charge in [-0.2, -0.15) is 18.3 Å². The van der Waals surface area contributed by atoms with Crippen molar-refractivity contribution in [3.05, 3.63) is 47.2 Å². The number of thiocarbonyl (C=S) groups is 1. The highest BCUT2D eigenvalue weighted by Gasteiger charge is 2.46. The molecule has 34 heavy (non-hydrogen) atoms. The number of amides is 1. The van der Waals surface area contributed by atoms with E-state index >= 15 is 0 Å². The number of carbonyl (C=O) groups excluding carboxylic acids is 1. The topological polar surface area (TPSA) is 92.2 Å². The zero-order chi connectivity index (χ0) is 24.9. The molecule has 3 rings (SSSR count). The molecule has 4 N–H and O–H groups in total. The lowest BCUT2D eigenvalue weighted by Gasteiger charge is -2.33. The Bertz CT molecular complexity index is 994. The molecule has 2 heterocycles. The Hall–Kier alpha value is -2.86. The number of hydrogen-bond donors (Lipinski definition) is 4. The number of nitrogens with zero attached hydrogens (tertiary/aromatic N) is 2. The molecule has 0 aliphatic carbocycles. The van der Waals surface area contributed by atoms with Crippen LogP contribution in [0, 0.1) is 0 Å². The van der Waals surface area contributed by atoms with Gasteiger partial charge in [0.05, 0.1) is 6.04 Å². The average Bonchev–Trinajstić information content (AvgIpc) is 3.23. The fraction of sp³-hybridized carbons (Fsp3) is 0.500. The van der Waals surface area contributed by atoms with Gasteiger partial charge in [-0.3, -0.25) is 15.6 Å². The predicted molar refractivity (Wildman–Crippen MR) is 127 cm³/mol. The van der Waals surface area contributed by atoms with Gasteiger partial charge in [-0.1, -0.05) is 38.1 Å². The van der Waals surface area contributed by atoms with Crippen molar-refractivity contribution < 1.29 is 22.7 Å². The van der Waals surface area contributed by atoms with Gasteiger partial charge in [0.1, 0.15) is 5.82 Å². The summed E-state index contributed by atoms with van der Waals surface area (Å²) in [6.45, 7) is 5.19. The summed E-state index contributed by atoms with van der Waals surface area (Å²) in [5.74, 6) is -0.263. The minimum Gasteiger partial charge on any atom is -0.385 e. The molecule has 1 aromatic carbocycles. The van der Waals surface area contributed by atoms with Crippen molar-refractivity contribution in [1.82, 2.24) is 25.9 Å². The van der Waals surface area contributed by atoms with Crippen LogP contribution in [0.4, 0.5) is 19.0 Å². The van der Waals surface area contributed by atoms with Crippen LogP contribution in [0.25, 0.3) is 0 Å². The van der Waals surface area contributed by atoms with E-state index in [0.717, 1.165) is 15.8 Å². The summed E-state index contributed by atoms with van der Waals surface area (Å²) in [6.07, 6.45) is -4.06. The van der Waals surface area contributed by atoms with Gasteiger partial charge in [-0.05, 0) is 35.7 Å². The number of rotatable bonds is 7. The minimum absolute atomic E-state index is 0.122. The maximum Gasteiger partial charge on any atom is 0.410 e. The van der Waals surface area contributed by atoms with Crippen LogP contribution in [0.5, 0.6) is 0 Å². The Morgan fingerprint density at radius 1 is 1.29 bits per heavy atom. The molecule has 1 aliphatic rings. The first kappa shape index (κ1) is 25.8. The highest BCUT2D eigenvalue weighted by atomic mass is 32.1. The van der Waals surface area contributed by atoms with E-state index in [1.807, 2.05) is 24.3 Å². The van der Waals surface area contributed by atoms with E-state index in [9.17, 15) is 18.0 Å². The van der Waals surface area contributed by atoms with E-state index in [1.165, 1.54) is 6.07 Å². The van der Waals surface area contributed by atoms with Gasteiger partial charge in [0, 0.05) is 32.7 Å². The number of fused-ring (bicyclic) bond motifs is 1. The second kappa shape index (κ2) is 11.0. The van der Waals surface area contributed by atoms with Crippen molar-refractivity contribution in [3.63, 3.8) is 0 Å². The van der Waals surface area contributed by atoms with Crippen LogP contribution in [-0.4, -0.2) is 47.2 Å². The fourth-order valence-electron chi connectivity index (χ4n) is 3.66. The maximum atomic E-state index is 13.9. The van der Waals surface area contributed by atoms with E-state index < -0.39 is 24.2 Å². The molecule has 1 aromatic heterocycles. The monoisotopic (exact) mass is 498 g/mol. The van der Waals surface area contributed by atoms with Crippen molar-refractivity contribution in [2.24, 2.45) is 0 Å². The van der Waals surface area contributed by atoms with Gasteiger partial charge in [0.25, 0.3) is 5.91 Å². The Balaban J connectivity index is 1.72. The second-order valence-corrected chi connectivity index (χ2v) is 8.76. The number of hydrazine groups is 1. The zero-order valence-electron chi connectivity index (χ0n) is 19.2. The van der Waals surface area contributed by atoms with Crippen LogP contribution in [0.15, 0.2) is 30.3 Å². The number of methoxy groups -OCH3 is 1. The van der Waals surface area contributed by atoms with Crippen molar-refractivity contribution in [3.8, 4) is 0 Å². The van der Waals surface area contributed by atoms with E-state index in [0.29, 0.717) is 25.5 Å². The fourth-order valence-corrected chi connectivity index (χ4v) is 3.81. The van der Waals surface area contributed by atoms with E-state index in [-0.39, 0.29) is 23.0 Å². The van der Waals surface area contributed by atoms with Gasteiger partial charge in [-0.15, -0.1) is 0 Å². The molecule has 0 saturated carbocycles. The van der Waals surface area contributed by atoms with Gasteiger partial charge in [0.2, 0.25) is 0 Å². The second-order valence-electron chi connectivity index (χ2n) is 8.35. The van der Waals surface area contributed by atoms with Crippen LogP contribution in [0.3, 0.4) is 0 Å². The molecular formula is C22H29F3N6O2S. The number of carbonyl (C=O) groups is 1. The van der Waals surface area contributed by atoms with Crippen LogP contribution in [0.1, 0.15) is 66.3 Å². The SMILES string of the molecule is COCCCNC(=S)NNC(=O)c1cc2n(n1)C(C(F)(F)F)CC(c1ccc(C(C)C)cc1)N2. The minimum atomic E-state index is -4.53. The number of anilines is 1. The summed E-state index contributed by atoms with van der Waals surface area (Å²) >= 11 is 5.06. The van der Waals surface area contributed by atoms with Crippen molar-refractivity contribution in [2.75, 3.05) is 25.6 Å². The molecule has 2 unspecified atom stereocenters. The van der Waals surface area contributed by atoms with Crippen molar-refractivity contribution in [1.29, 1.82) is 0 Å². The number of benzene rings is 1. The highest BCUT2D eigenvalue weighted by molar-refractivity contribution is 7.80. The third-order valence-corrected chi connectivity index (χ3v) is 5.77. The van der Waals surface area contributed by atoms with Crippen molar-refractivity contribution >= 4 is 29.1 Å². The lowest BCUT2D eigenvalue weighted by molar-refractivity contribution is -0.173. The summed E-state index contributed by atoms with van der Waals surface area (Å²) in [5, 5.41) is 10.1. The molecule has 0 saturated heterocycles. The van der Waals surface area contributed by atoms with Gasteiger partial charge in [0.15, 0.2) is 16.8 Å². The van der Waals surface area contributed by atoms with E-state index in [2.05, 4.69) is 40.4 Å². The van der Waals surface area contributed by atoms with Crippen LogP contribution in [-0.2, 0) is 4.74 Å². The standard InChI is InChI=1S/C22H29F3N6O2S/c1-13(2)14-5-7-15(8-6-14)16-11-18(22(23,24)25)31-19(27-16)12-17(30-31)20(32)28-29-21(34)26-9-4-10-33-3/h5-8,12-13,16,18,27H,4,9-11H2,1-3H3,(H,28,32)(H2,26,29,34). The molecule has 2 aromatic rings. The number of aromatic nitrogens is 2. The number of alkyl halides is 3. The summed E-state index contributed by atoms with van der Waals surface area (Å²) < 4.78 is 47.4. The lowest BCUT2D eigenvalue weighted by atomic mass is 9.94. The summed E-state index contributed by atoms with van der Waals surface area (Å²) in [5.41, 5.74) is 6.55. The molecule has 1 aliphatic heterocycles. The molecule has 2 atom stereocenters. The van der Waals surface area contributed by atoms with Crippen LogP contribution in [0.2, 0.25) is 0 Å². The molecule has 12 heteroatoms. The summed E-state index contributed by atoms with van der Waals surface area (Å²) in [7, 11) is 1.59. The summed E-state index contributed by atoms with van der Waals surface area (Å²) in [6, 6.07) is 6.39. The smallest absolute Gasteiger partial charge is 0.385 e. The average molecular weight is 499 g/mol. The highest BCUT2D eigenvalue weighted by Crippen LogP contribution is 2.43. The van der Waals surface area contributed by atoms with Gasteiger partial charge >= 0.3 is 6.18 Å². The van der Waals surface area contributed by atoms with Gasteiger partial charge in [-0.25, -0.2) is 4.68 Å². The largest absolute Gasteiger partial charge is 0.410 e. The Kier molecular flexibility index (Phi) is 8.37. The van der Waals surface area contributed by atoms with E-state index in [1.54, 1.807) is 7.11 Å².